The predicted molar refractivity (Wildman–Crippen MR) is 67.2 cm³/mol. The fraction of sp³-hybridized carbons (Fsp3) is 0.417. The van der Waals surface area contributed by atoms with Crippen molar-refractivity contribution in [3.05, 3.63) is 34.9 Å². The molecule has 0 saturated heterocycles. The van der Waals surface area contributed by atoms with Gasteiger partial charge in [0.05, 0.1) is 5.52 Å². The largest absolute Gasteiger partial charge is 0.317 e. The maximum atomic E-state index is 6.10. The third-order valence-electron chi connectivity index (χ3n) is 2.79. The maximum Gasteiger partial charge on any atom is 0.155 e. The van der Waals surface area contributed by atoms with Crippen molar-refractivity contribution >= 4 is 17.1 Å². The summed E-state index contributed by atoms with van der Waals surface area (Å²) >= 11 is 6.10. The molecule has 2 heterocycles. The summed E-state index contributed by atoms with van der Waals surface area (Å²) in [7, 11) is 1.95. The van der Waals surface area contributed by atoms with Gasteiger partial charge in [0.2, 0.25) is 0 Å². The topological polar surface area (TPSA) is 29.3 Å². The maximum absolute atomic E-state index is 6.10. The first-order valence-corrected chi connectivity index (χ1v) is 5.80. The number of nitrogens with zero attached hydrogens (tertiary/aromatic N) is 2. The molecule has 0 aliphatic carbocycles. The van der Waals surface area contributed by atoms with Crippen LogP contribution >= 0.6 is 11.6 Å². The molecule has 0 aromatic carbocycles. The van der Waals surface area contributed by atoms with E-state index in [9.17, 15) is 0 Å². The van der Waals surface area contributed by atoms with Crippen molar-refractivity contribution in [2.24, 2.45) is 0 Å². The number of halogens is 1. The molecular formula is C12H16ClN3. The van der Waals surface area contributed by atoms with Gasteiger partial charge in [0.25, 0.3) is 0 Å². The zero-order valence-electron chi connectivity index (χ0n) is 9.79. The van der Waals surface area contributed by atoms with Gasteiger partial charge in [-0.15, -0.1) is 0 Å². The van der Waals surface area contributed by atoms with E-state index in [2.05, 4.69) is 34.7 Å². The lowest BCUT2D eigenvalue weighted by molar-refractivity contribution is 0.589. The van der Waals surface area contributed by atoms with Crippen LogP contribution in [0.3, 0.4) is 0 Å². The van der Waals surface area contributed by atoms with Crippen LogP contribution < -0.4 is 5.32 Å². The van der Waals surface area contributed by atoms with Crippen LogP contribution in [0.25, 0.3) is 5.52 Å². The highest BCUT2D eigenvalue weighted by Crippen LogP contribution is 2.19. The molecule has 0 amide bonds. The molecule has 2 aromatic heterocycles. The van der Waals surface area contributed by atoms with Gasteiger partial charge < -0.3 is 9.72 Å². The molecule has 0 aliphatic rings. The highest BCUT2D eigenvalue weighted by Gasteiger charge is 2.11. The smallest absolute Gasteiger partial charge is 0.155 e. The first-order valence-electron chi connectivity index (χ1n) is 5.42. The highest BCUT2D eigenvalue weighted by atomic mass is 35.5. The van der Waals surface area contributed by atoms with Crippen LogP contribution in [0, 0.1) is 6.92 Å². The number of aromatic nitrogens is 2. The van der Waals surface area contributed by atoms with Gasteiger partial charge in [0, 0.05) is 18.7 Å². The van der Waals surface area contributed by atoms with E-state index in [4.69, 9.17) is 11.6 Å². The second-order valence-corrected chi connectivity index (χ2v) is 4.53. The summed E-state index contributed by atoms with van der Waals surface area (Å²) in [6, 6.07) is 4.45. The molecule has 0 fully saturated rings. The van der Waals surface area contributed by atoms with Crippen LogP contribution in [0.1, 0.15) is 18.3 Å². The van der Waals surface area contributed by atoms with Gasteiger partial charge >= 0.3 is 0 Å². The van der Waals surface area contributed by atoms with E-state index in [1.54, 1.807) is 0 Å². The van der Waals surface area contributed by atoms with E-state index in [1.165, 1.54) is 5.56 Å². The van der Waals surface area contributed by atoms with Gasteiger partial charge in [0.1, 0.15) is 5.82 Å². The first kappa shape index (κ1) is 11.4. The lowest BCUT2D eigenvalue weighted by atomic mass is 10.2. The van der Waals surface area contributed by atoms with Crippen molar-refractivity contribution < 1.29 is 0 Å². The minimum Gasteiger partial charge on any atom is -0.317 e. The van der Waals surface area contributed by atoms with Crippen molar-refractivity contribution in [3.63, 3.8) is 0 Å². The van der Waals surface area contributed by atoms with Crippen LogP contribution in [0.15, 0.2) is 18.3 Å². The van der Waals surface area contributed by atoms with Crippen LogP contribution in [-0.2, 0) is 6.42 Å². The van der Waals surface area contributed by atoms with Crippen molar-refractivity contribution in [2.75, 3.05) is 7.05 Å². The molecule has 1 atom stereocenters. The molecule has 1 unspecified atom stereocenters. The van der Waals surface area contributed by atoms with Crippen molar-refractivity contribution in [3.8, 4) is 0 Å². The molecular weight excluding hydrogens is 222 g/mol. The molecule has 0 saturated carbocycles. The molecule has 0 radical (unpaired) electrons. The van der Waals surface area contributed by atoms with Gasteiger partial charge in [0.15, 0.2) is 5.15 Å². The second kappa shape index (κ2) is 4.44. The summed E-state index contributed by atoms with van der Waals surface area (Å²) < 4.78 is 2.07. The number of hydrogen-bond donors (Lipinski definition) is 1. The van der Waals surface area contributed by atoms with Gasteiger partial charge in [-0.3, -0.25) is 0 Å². The minimum absolute atomic E-state index is 0.391. The number of fused-ring (bicyclic) bond motifs is 1. The van der Waals surface area contributed by atoms with Crippen molar-refractivity contribution in [2.45, 2.75) is 26.3 Å². The SMILES string of the molecule is CNC(C)Cc1nc(Cl)c2ccc(C)cn12. The summed E-state index contributed by atoms with van der Waals surface area (Å²) in [6.45, 7) is 4.20. The van der Waals surface area contributed by atoms with Crippen LogP contribution in [0.5, 0.6) is 0 Å². The van der Waals surface area contributed by atoms with E-state index in [1.807, 2.05) is 19.2 Å². The number of imidazole rings is 1. The van der Waals surface area contributed by atoms with Crippen LogP contribution in [-0.4, -0.2) is 22.5 Å². The van der Waals surface area contributed by atoms with Gasteiger partial charge in [-0.1, -0.05) is 17.7 Å². The zero-order valence-corrected chi connectivity index (χ0v) is 10.5. The lowest BCUT2D eigenvalue weighted by Crippen LogP contribution is -2.24. The molecule has 2 aromatic rings. The number of pyridine rings is 1. The molecule has 0 bridgehead atoms. The normalized spacial score (nSPS) is 13.2. The van der Waals surface area contributed by atoms with E-state index < -0.39 is 0 Å². The number of hydrogen-bond acceptors (Lipinski definition) is 2. The fourth-order valence-electron chi connectivity index (χ4n) is 1.73. The van der Waals surface area contributed by atoms with Crippen LogP contribution in [0.4, 0.5) is 0 Å². The summed E-state index contributed by atoms with van der Waals surface area (Å²) in [4.78, 5) is 4.41. The molecule has 16 heavy (non-hydrogen) atoms. The van der Waals surface area contributed by atoms with Gasteiger partial charge in [-0.2, -0.15) is 0 Å². The monoisotopic (exact) mass is 237 g/mol. The Morgan fingerprint density at radius 3 is 2.94 bits per heavy atom. The summed E-state index contributed by atoms with van der Waals surface area (Å²) in [5, 5.41) is 3.79. The Labute approximate surface area is 100 Å². The lowest BCUT2D eigenvalue weighted by Gasteiger charge is -2.08. The Morgan fingerprint density at radius 2 is 2.25 bits per heavy atom. The third kappa shape index (κ3) is 2.06. The molecule has 2 rings (SSSR count). The zero-order chi connectivity index (χ0) is 11.7. The molecule has 3 nitrogen and oxygen atoms in total. The number of rotatable bonds is 3. The first-order chi connectivity index (χ1) is 7.61. The Bertz CT molecular complexity index is 504. The Morgan fingerprint density at radius 1 is 1.50 bits per heavy atom. The number of likely N-dealkylation sites (N-methyl/N-ethyl adjacent to an activating group) is 1. The fourth-order valence-corrected chi connectivity index (χ4v) is 1.98. The van der Waals surface area contributed by atoms with E-state index >= 15 is 0 Å². The van der Waals surface area contributed by atoms with E-state index in [0.29, 0.717) is 11.2 Å². The minimum atomic E-state index is 0.391. The Hall–Kier alpha value is -1.06. The third-order valence-corrected chi connectivity index (χ3v) is 3.07. The number of nitrogens with one attached hydrogen (secondary N) is 1. The summed E-state index contributed by atoms with van der Waals surface area (Å²) in [6.07, 6.45) is 2.94. The quantitative estimate of drug-likeness (QED) is 0.889. The van der Waals surface area contributed by atoms with Gasteiger partial charge in [-0.05, 0) is 32.5 Å². The number of aryl methyl sites for hydroxylation is 1. The highest BCUT2D eigenvalue weighted by molar-refractivity contribution is 6.32. The molecule has 4 heteroatoms. The molecule has 0 spiro atoms. The van der Waals surface area contributed by atoms with Crippen molar-refractivity contribution in [1.29, 1.82) is 0 Å². The average molecular weight is 238 g/mol. The summed E-state index contributed by atoms with van der Waals surface area (Å²) in [5.41, 5.74) is 2.19. The second-order valence-electron chi connectivity index (χ2n) is 4.17. The Balaban J connectivity index is 2.48. The van der Waals surface area contributed by atoms with E-state index in [-0.39, 0.29) is 0 Å². The van der Waals surface area contributed by atoms with Gasteiger partial charge in [-0.25, -0.2) is 4.98 Å². The standard InChI is InChI=1S/C12H16ClN3/c1-8-4-5-10-12(13)15-11(16(10)7-8)6-9(2)14-3/h4-5,7,9,14H,6H2,1-3H3. The van der Waals surface area contributed by atoms with Crippen molar-refractivity contribution in [1.82, 2.24) is 14.7 Å². The molecule has 1 N–H and O–H groups in total. The van der Waals surface area contributed by atoms with E-state index in [0.717, 1.165) is 17.8 Å². The Kier molecular flexibility index (Phi) is 3.17. The van der Waals surface area contributed by atoms with Crippen LogP contribution in [0.2, 0.25) is 5.15 Å². The average Bonchev–Trinajstić information content (AvgIpc) is 2.55. The summed E-state index contributed by atoms with van der Waals surface area (Å²) in [5.74, 6) is 1.01. The molecule has 0 aliphatic heterocycles. The predicted octanol–water partition coefficient (Wildman–Crippen LogP) is 2.45. The molecule has 86 valence electrons.